The van der Waals surface area contributed by atoms with Gasteiger partial charge in [-0.15, -0.1) is 0 Å². The van der Waals surface area contributed by atoms with Gasteiger partial charge in [-0.05, 0) is 73.9 Å². The number of hydrogen-bond donors (Lipinski definition) is 2. The average Bonchev–Trinajstić information content (AvgIpc) is 2.78. The van der Waals surface area contributed by atoms with E-state index in [9.17, 15) is 13.2 Å². The first-order valence-corrected chi connectivity index (χ1v) is 11.6. The Kier molecular flexibility index (Phi) is 6.51. The first-order valence-electron chi connectivity index (χ1n) is 10.2. The first-order chi connectivity index (χ1) is 14.6. The van der Waals surface area contributed by atoms with Crippen LogP contribution in [0, 0.1) is 18.3 Å². The summed E-state index contributed by atoms with van der Waals surface area (Å²) in [5.74, 6) is -0.722. The highest BCUT2D eigenvalue weighted by atomic mass is 32.2. The van der Waals surface area contributed by atoms with Crippen molar-refractivity contribution in [1.29, 1.82) is 5.26 Å². The molecule has 0 bridgehead atoms. The van der Waals surface area contributed by atoms with Gasteiger partial charge in [0.05, 0.1) is 11.6 Å². The fourth-order valence-corrected chi connectivity index (χ4v) is 5.64. The fraction of sp³-hybridized carbons (Fsp3) is 0.391. The Morgan fingerprint density at radius 3 is 2.45 bits per heavy atom. The van der Waals surface area contributed by atoms with Crippen LogP contribution in [-0.4, -0.2) is 41.7 Å². The van der Waals surface area contributed by atoms with E-state index in [1.165, 1.54) is 23.6 Å². The molecule has 8 heteroatoms. The number of carbonyl (C=O) groups is 1. The normalized spacial score (nSPS) is 16.0. The molecule has 1 aliphatic rings. The lowest BCUT2D eigenvalue weighted by atomic mass is 9.87. The quantitative estimate of drug-likeness (QED) is 0.546. The van der Waals surface area contributed by atoms with Crippen LogP contribution in [0.2, 0.25) is 0 Å². The number of amides is 1. The zero-order chi connectivity index (χ0) is 22.8. The van der Waals surface area contributed by atoms with E-state index in [0.29, 0.717) is 31.5 Å². The third-order valence-corrected chi connectivity index (χ3v) is 8.63. The van der Waals surface area contributed by atoms with Crippen molar-refractivity contribution in [2.24, 2.45) is 0 Å². The second-order valence-corrected chi connectivity index (χ2v) is 10.9. The van der Waals surface area contributed by atoms with Crippen molar-refractivity contribution in [1.82, 2.24) is 9.79 Å². The SMILES string of the molecule is Cc1cc(C2CCN(S(=O)(=O)C(C)(C)C(=O)NO)CC2)ccc1-c1cccc(C#N)c1. The molecule has 164 valence electrons. The summed E-state index contributed by atoms with van der Waals surface area (Å²) in [5, 5.41) is 18.0. The van der Waals surface area contributed by atoms with Crippen molar-refractivity contribution in [2.75, 3.05) is 13.1 Å². The Morgan fingerprint density at radius 1 is 1.19 bits per heavy atom. The van der Waals surface area contributed by atoms with Crippen LogP contribution in [0.25, 0.3) is 11.1 Å². The van der Waals surface area contributed by atoms with Gasteiger partial charge in [-0.1, -0.05) is 30.3 Å². The third kappa shape index (κ3) is 4.35. The summed E-state index contributed by atoms with van der Waals surface area (Å²) in [6, 6.07) is 15.9. The van der Waals surface area contributed by atoms with Crippen LogP contribution in [0.1, 0.15) is 49.3 Å². The molecule has 0 unspecified atom stereocenters. The second kappa shape index (κ2) is 8.79. The minimum absolute atomic E-state index is 0.222. The second-order valence-electron chi connectivity index (χ2n) is 8.40. The van der Waals surface area contributed by atoms with Crippen LogP contribution in [0.15, 0.2) is 42.5 Å². The highest BCUT2D eigenvalue weighted by molar-refractivity contribution is 7.91. The molecule has 2 N–H and O–H groups in total. The Morgan fingerprint density at radius 2 is 1.87 bits per heavy atom. The van der Waals surface area contributed by atoms with Gasteiger partial charge in [-0.25, -0.2) is 18.2 Å². The Bertz CT molecular complexity index is 1130. The maximum atomic E-state index is 12.9. The van der Waals surface area contributed by atoms with Crippen LogP contribution >= 0.6 is 0 Å². The largest absolute Gasteiger partial charge is 0.289 e. The van der Waals surface area contributed by atoms with E-state index in [0.717, 1.165) is 22.3 Å². The number of nitriles is 1. The lowest BCUT2D eigenvalue weighted by Gasteiger charge is -2.36. The fourth-order valence-electron chi connectivity index (χ4n) is 4.02. The van der Waals surface area contributed by atoms with Crippen LogP contribution in [0.4, 0.5) is 0 Å². The van der Waals surface area contributed by atoms with E-state index >= 15 is 0 Å². The average molecular weight is 442 g/mol. The smallest absolute Gasteiger partial charge is 0.265 e. The number of piperidine rings is 1. The summed E-state index contributed by atoms with van der Waals surface area (Å²) >= 11 is 0. The van der Waals surface area contributed by atoms with E-state index in [4.69, 9.17) is 10.5 Å². The maximum Gasteiger partial charge on any atom is 0.265 e. The summed E-state index contributed by atoms with van der Waals surface area (Å²) in [6.45, 7) is 5.26. The molecule has 0 atom stereocenters. The van der Waals surface area contributed by atoms with E-state index in [2.05, 4.69) is 24.3 Å². The number of benzene rings is 2. The van der Waals surface area contributed by atoms with Gasteiger partial charge in [-0.3, -0.25) is 10.0 Å². The van der Waals surface area contributed by atoms with E-state index < -0.39 is 20.7 Å². The number of hydrogen-bond acceptors (Lipinski definition) is 5. The van der Waals surface area contributed by atoms with Crippen molar-refractivity contribution < 1.29 is 18.4 Å². The molecular formula is C23H27N3O4S. The third-order valence-electron chi connectivity index (χ3n) is 6.11. The molecule has 2 aromatic rings. The van der Waals surface area contributed by atoms with Gasteiger partial charge in [0.25, 0.3) is 5.91 Å². The molecule has 1 amide bonds. The molecule has 0 spiro atoms. The Labute approximate surface area is 183 Å². The molecule has 1 aliphatic heterocycles. The molecule has 0 aliphatic carbocycles. The van der Waals surface area contributed by atoms with Crippen LogP contribution in [0.3, 0.4) is 0 Å². The molecule has 2 aromatic carbocycles. The summed E-state index contributed by atoms with van der Waals surface area (Å²) in [4.78, 5) is 11.9. The van der Waals surface area contributed by atoms with Gasteiger partial charge in [0, 0.05) is 13.1 Å². The van der Waals surface area contributed by atoms with Crippen molar-refractivity contribution >= 4 is 15.9 Å². The molecule has 0 saturated carbocycles. The first kappa shape index (κ1) is 22.9. The molecule has 7 nitrogen and oxygen atoms in total. The highest BCUT2D eigenvalue weighted by Gasteiger charge is 2.46. The molecule has 31 heavy (non-hydrogen) atoms. The number of nitrogens with one attached hydrogen (secondary N) is 1. The van der Waals surface area contributed by atoms with Crippen LogP contribution < -0.4 is 5.48 Å². The predicted molar refractivity (Wildman–Crippen MR) is 118 cm³/mol. The summed E-state index contributed by atoms with van der Waals surface area (Å²) in [7, 11) is -3.90. The molecule has 0 aromatic heterocycles. The number of carbonyl (C=O) groups excluding carboxylic acids is 1. The minimum atomic E-state index is -3.90. The number of sulfonamides is 1. The minimum Gasteiger partial charge on any atom is -0.289 e. The monoisotopic (exact) mass is 441 g/mol. The summed E-state index contributed by atoms with van der Waals surface area (Å²) in [6.07, 6.45) is 1.30. The zero-order valence-electron chi connectivity index (χ0n) is 17.9. The zero-order valence-corrected chi connectivity index (χ0v) is 18.7. The van der Waals surface area contributed by atoms with E-state index in [-0.39, 0.29) is 5.92 Å². The maximum absolute atomic E-state index is 12.9. The topological polar surface area (TPSA) is 110 Å². The highest BCUT2D eigenvalue weighted by Crippen LogP contribution is 2.34. The summed E-state index contributed by atoms with van der Waals surface area (Å²) in [5.41, 5.74) is 6.39. The number of aryl methyl sites for hydroxylation is 1. The van der Waals surface area contributed by atoms with Gasteiger partial charge >= 0.3 is 0 Å². The van der Waals surface area contributed by atoms with E-state index in [1.54, 1.807) is 6.07 Å². The standard InChI is InChI=1S/C23H27N3O4S/c1-16-13-19(7-8-21(16)20-6-4-5-17(14-20)15-24)18-9-11-26(12-10-18)31(29,30)23(2,3)22(27)25-28/h4-8,13-14,18,28H,9-12H2,1-3H3,(H,25,27). The van der Waals surface area contributed by atoms with E-state index in [1.807, 2.05) is 25.1 Å². The van der Waals surface area contributed by atoms with Gasteiger partial charge in [0.2, 0.25) is 10.0 Å². The molecule has 1 saturated heterocycles. The molecular weight excluding hydrogens is 414 g/mol. The predicted octanol–water partition coefficient (Wildman–Crippen LogP) is 3.33. The van der Waals surface area contributed by atoms with Crippen molar-refractivity contribution in [2.45, 2.75) is 44.3 Å². The van der Waals surface area contributed by atoms with Gasteiger partial charge in [-0.2, -0.15) is 5.26 Å². The lowest BCUT2D eigenvalue weighted by Crippen LogP contribution is -2.54. The number of hydroxylamine groups is 1. The van der Waals surface area contributed by atoms with Crippen LogP contribution in [-0.2, 0) is 14.8 Å². The molecule has 1 heterocycles. The number of rotatable bonds is 5. The van der Waals surface area contributed by atoms with Gasteiger partial charge in [0.1, 0.15) is 0 Å². The molecule has 1 fully saturated rings. The van der Waals surface area contributed by atoms with Gasteiger partial charge < -0.3 is 0 Å². The van der Waals surface area contributed by atoms with Crippen molar-refractivity contribution in [3.05, 3.63) is 59.2 Å². The Balaban J connectivity index is 1.75. The Hall–Kier alpha value is -2.73. The van der Waals surface area contributed by atoms with Gasteiger partial charge in [0.15, 0.2) is 4.75 Å². The van der Waals surface area contributed by atoms with Crippen molar-refractivity contribution in [3.63, 3.8) is 0 Å². The summed E-state index contributed by atoms with van der Waals surface area (Å²) < 4.78 is 25.4. The van der Waals surface area contributed by atoms with Crippen LogP contribution in [0.5, 0.6) is 0 Å². The van der Waals surface area contributed by atoms with Crippen molar-refractivity contribution in [3.8, 4) is 17.2 Å². The molecule has 0 radical (unpaired) electrons. The number of nitrogens with zero attached hydrogens (tertiary/aromatic N) is 2. The lowest BCUT2D eigenvalue weighted by molar-refractivity contribution is -0.131. The molecule has 3 rings (SSSR count).